The first-order chi connectivity index (χ1) is 9.75. The number of aromatic amines is 1. The van der Waals surface area contributed by atoms with Crippen LogP contribution >= 0.6 is 0 Å². The molecule has 1 aromatic heterocycles. The second kappa shape index (κ2) is 4.14. The molecule has 0 bridgehead atoms. The Labute approximate surface area is 118 Å². The van der Waals surface area contributed by atoms with Gasteiger partial charge in [-0.05, 0) is 48.1 Å². The zero-order valence-electron chi connectivity index (χ0n) is 11.5. The zero-order chi connectivity index (χ0) is 13.7. The van der Waals surface area contributed by atoms with Gasteiger partial charge >= 0.3 is 0 Å². The largest absolute Gasteiger partial charge is 0.507 e. The van der Waals surface area contributed by atoms with Crippen LogP contribution in [0.25, 0.3) is 22.2 Å². The van der Waals surface area contributed by atoms with Crippen LogP contribution in [0.3, 0.4) is 0 Å². The maximum atomic E-state index is 10.1. The number of hydrogen-bond acceptors (Lipinski definition) is 1. The fraction of sp³-hybridized carbons (Fsp3) is 0.222. The molecule has 0 radical (unpaired) electrons. The number of phenols is 1. The molecule has 1 heterocycles. The summed E-state index contributed by atoms with van der Waals surface area (Å²) in [5.41, 5.74) is 5.95. The number of nitrogens with one attached hydrogen (secondary N) is 1. The quantitative estimate of drug-likeness (QED) is 0.662. The van der Waals surface area contributed by atoms with Crippen molar-refractivity contribution in [3.8, 4) is 17.0 Å². The zero-order valence-corrected chi connectivity index (χ0v) is 11.5. The average Bonchev–Trinajstić information content (AvgIpc) is 2.83. The molecule has 0 amide bonds. The lowest BCUT2D eigenvalue weighted by Gasteiger charge is -2.20. The van der Waals surface area contributed by atoms with Crippen LogP contribution in [0.1, 0.15) is 30.4 Å². The first-order valence-corrected chi connectivity index (χ1v) is 7.17. The number of hydrogen-bond donors (Lipinski definition) is 2. The van der Waals surface area contributed by atoms with E-state index in [4.69, 9.17) is 0 Å². The van der Waals surface area contributed by atoms with Crippen molar-refractivity contribution < 1.29 is 5.11 Å². The summed E-state index contributed by atoms with van der Waals surface area (Å²) in [6, 6.07) is 14.0. The third kappa shape index (κ3) is 1.51. The van der Waals surface area contributed by atoms with E-state index in [1.807, 2.05) is 18.2 Å². The van der Waals surface area contributed by atoms with Crippen LogP contribution in [0.4, 0.5) is 0 Å². The van der Waals surface area contributed by atoms with Crippen LogP contribution in [0.5, 0.6) is 5.75 Å². The molecule has 1 atom stereocenters. The van der Waals surface area contributed by atoms with E-state index in [2.05, 4.69) is 30.1 Å². The highest BCUT2D eigenvalue weighted by atomic mass is 16.3. The van der Waals surface area contributed by atoms with E-state index >= 15 is 0 Å². The Morgan fingerprint density at radius 3 is 2.80 bits per heavy atom. The van der Waals surface area contributed by atoms with Gasteiger partial charge in [0.05, 0.1) is 5.69 Å². The van der Waals surface area contributed by atoms with Crippen molar-refractivity contribution in [1.29, 1.82) is 0 Å². The number of para-hydroxylation sites is 1. The monoisotopic (exact) mass is 263 g/mol. The Kier molecular flexibility index (Phi) is 2.40. The van der Waals surface area contributed by atoms with Crippen LogP contribution in [0, 0.1) is 0 Å². The highest BCUT2D eigenvalue weighted by molar-refractivity contribution is 5.95. The molecule has 0 fully saturated rings. The predicted molar refractivity (Wildman–Crippen MR) is 82.1 cm³/mol. The van der Waals surface area contributed by atoms with Gasteiger partial charge in [0, 0.05) is 16.5 Å². The molecular formula is C18H17NO. The Morgan fingerprint density at radius 1 is 1.10 bits per heavy atom. The minimum Gasteiger partial charge on any atom is -0.507 e. The lowest BCUT2D eigenvalue weighted by Crippen LogP contribution is -2.04. The molecule has 100 valence electrons. The molecule has 0 saturated heterocycles. The summed E-state index contributed by atoms with van der Waals surface area (Å²) in [7, 11) is 0. The summed E-state index contributed by atoms with van der Waals surface area (Å²) < 4.78 is 0. The van der Waals surface area contributed by atoms with E-state index in [-0.39, 0.29) is 0 Å². The van der Waals surface area contributed by atoms with E-state index in [0.29, 0.717) is 11.7 Å². The Bertz CT molecular complexity index is 800. The maximum Gasteiger partial charge on any atom is 0.124 e. The molecule has 4 rings (SSSR count). The molecule has 0 aliphatic heterocycles. The number of rotatable bonds is 1. The van der Waals surface area contributed by atoms with Crippen molar-refractivity contribution in [2.24, 2.45) is 0 Å². The van der Waals surface area contributed by atoms with Gasteiger partial charge in [-0.3, -0.25) is 0 Å². The Hall–Kier alpha value is -2.22. The third-order valence-corrected chi connectivity index (χ3v) is 4.49. The average molecular weight is 263 g/mol. The highest BCUT2D eigenvalue weighted by Gasteiger charge is 2.23. The van der Waals surface area contributed by atoms with E-state index < -0.39 is 0 Å². The van der Waals surface area contributed by atoms with Crippen LogP contribution in [0.15, 0.2) is 42.5 Å². The second-order valence-corrected chi connectivity index (χ2v) is 5.71. The van der Waals surface area contributed by atoms with Crippen molar-refractivity contribution in [1.82, 2.24) is 4.98 Å². The molecule has 2 N–H and O–H groups in total. The van der Waals surface area contributed by atoms with Gasteiger partial charge in [-0.25, -0.2) is 0 Å². The minimum absolute atomic E-state index is 0.343. The second-order valence-electron chi connectivity index (χ2n) is 5.71. The lowest BCUT2D eigenvalue weighted by molar-refractivity contribution is 0.477. The Balaban J connectivity index is 2.06. The first-order valence-electron chi connectivity index (χ1n) is 7.17. The normalized spacial score (nSPS) is 17.6. The fourth-order valence-electron chi connectivity index (χ4n) is 3.44. The molecule has 1 unspecified atom stereocenters. The van der Waals surface area contributed by atoms with Crippen molar-refractivity contribution in [2.45, 2.75) is 25.7 Å². The van der Waals surface area contributed by atoms with E-state index in [1.54, 1.807) is 6.07 Å². The molecular weight excluding hydrogens is 246 g/mol. The fourth-order valence-corrected chi connectivity index (χ4v) is 3.44. The van der Waals surface area contributed by atoms with Crippen LogP contribution in [-0.4, -0.2) is 10.1 Å². The summed E-state index contributed by atoms with van der Waals surface area (Å²) in [5, 5.41) is 11.5. The first kappa shape index (κ1) is 11.6. The number of aromatic hydroxyl groups is 1. The van der Waals surface area contributed by atoms with Crippen molar-refractivity contribution in [3.05, 3.63) is 53.6 Å². The van der Waals surface area contributed by atoms with Crippen LogP contribution < -0.4 is 0 Å². The number of H-pyrrole nitrogens is 1. The molecule has 2 nitrogen and oxygen atoms in total. The lowest BCUT2D eigenvalue weighted by atomic mass is 9.83. The number of aromatic nitrogens is 1. The summed E-state index contributed by atoms with van der Waals surface area (Å²) >= 11 is 0. The Morgan fingerprint density at radius 2 is 1.95 bits per heavy atom. The topological polar surface area (TPSA) is 36.0 Å². The van der Waals surface area contributed by atoms with Gasteiger partial charge < -0.3 is 10.1 Å². The van der Waals surface area contributed by atoms with Gasteiger partial charge in [0.25, 0.3) is 0 Å². The molecule has 0 saturated carbocycles. The molecule has 1 aliphatic rings. The maximum absolute atomic E-state index is 10.1. The standard InChI is InChI=1S/C18H17NO/c1-11-9-10-14-17-12(11)6-4-7-15(17)19-18(14)13-5-2-3-8-16(13)20/h2-8,11,19-20H,9-10H2,1H3. The third-order valence-electron chi connectivity index (χ3n) is 4.49. The minimum atomic E-state index is 0.343. The van der Waals surface area contributed by atoms with Crippen molar-refractivity contribution in [2.75, 3.05) is 0 Å². The molecule has 3 aromatic rings. The number of aryl methyl sites for hydroxylation is 1. The SMILES string of the molecule is CC1CCc2c(-c3ccccc3O)[nH]c3cccc1c23. The van der Waals surface area contributed by atoms with Crippen LogP contribution in [0.2, 0.25) is 0 Å². The summed E-state index contributed by atoms with van der Waals surface area (Å²) in [6.07, 6.45) is 2.24. The van der Waals surface area contributed by atoms with Gasteiger partial charge in [-0.2, -0.15) is 0 Å². The molecule has 2 heteroatoms. The van der Waals surface area contributed by atoms with Crippen molar-refractivity contribution in [3.63, 3.8) is 0 Å². The van der Waals surface area contributed by atoms with Gasteiger partial charge in [0.15, 0.2) is 0 Å². The van der Waals surface area contributed by atoms with Crippen molar-refractivity contribution >= 4 is 10.9 Å². The summed E-state index contributed by atoms with van der Waals surface area (Å²) in [4.78, 5) is 3.51. The number of phenolic OH excluding ortho intramolecular Hbond substituents is 1. The van der Waals surface area contributed by atoms with E-state index in [1.165, 1.54) is 28.5 Å². The molecule has 20 heavy (non-hydrogen) atoms. The van der Waals surface area contributed by atoms with Gasteiger partial charge in [-0.15, -0.1) is 0 Å². The predicted octanol–water partition coefficient (Wildman–Crippen LogP) is 4.59. The summed E-state index contributed by atoms with van der Waals surface area (Å²) in [6.45, 7) is 2.30. The van der Waals surface area contributed by atoms with Gasteiger partial charge in [0.1, 0.15) is 5.75 Å². The molecule has 2 aromatic carbocycles. The van der Waals surface area contributed by atoms with Gasteiger partial charge in [-0.1, -0.05) is 31.2 Å². The van der Waals surface area contributed by atoms with Gasteiger partial charge in [0.2, 0.25) is 0 Å². The number of benzene rings is 2. The smallest absolute Gasteiger partial charge is 0.124 e. The van der Waals surface area contributed by atoms with Crippen LogP contribution in [-0.2, 0) is 6.42 Å². The highest BCUT2D eigenvalue weighted by Crippen LogP contribution is 2.42. The van der Waals surface area contributed by atoms with E-state index in [0.717, 1.165) is 17.7 Å². The molecule has 1 aliphatic carbocycles. The summed E-state index contributed by atoms with van der Waals surface area (Å²) in [5.74, 6) is 0.953. The van der Waals surface area contributed by atoms with E-state index in [9.17, 15) is 5.11 Å². The molecule has 0 spiro atoms.